The molecule has 28 heavy (non-hydrogen) atoms. The zero-order chi connectivity index (χ0) is 20.3. The summed E-state index contributed by atoms with van der Waals surface area (Å²) in [5.41, 5.74) is 2.46. The standard InChI is InChI=1S/C19H17N3O4S2/c1-11-5-3-7-14(12(11)2)20-18(25)21-16(23)10-22-17(24)15(28-19(22)26)9-13-6-4-8-27-13/h3-9H,10H2,1-2H3,(H2,20,21,23,25)/b15-9-. The zero-order valence-corrected chi connectivity index (χ0v) is 16.8. The van der Waals surface area contributed by atoms with Crippen LogP contribution in [0.15, 0.2) is 40.6 Å². The van der Waals surface area contributed by atoms with Gasteiger partial charge in [-0.1, -0.05) is 18.2 Å². The first-order valence-electron chi connectivity index (χ1n) is 8.31. The second-order valence-corrected chi connectivity index (χ2v) is 8.01. The van der Waals surface area contributed by atoms with Crippen LogP contribution in [0.4, 0.5) is 15.3 Å². The molecule has 1 aliphatic rings. The number of rotatable bonds is 4. The van der Waals surface area contributed by atoms with Gasteiger partial charge in [0.15, 0.2) is 0 Å². The van der Waals surface area contributed by atoms with Crippen molar-refractivity contribution in [3.05, 3.63) is 56.6 Å². The van der Waals surface area contributed by atoms with Crippen LogP contribution in [-0.2, 0) is 9.59 Å². The number of aryl methyl sites for hydroxylation is 1. The zero-order valence-electron chi connectivity index (χ0n) is 15.1. The number of anilines is 1. The van der Waals surface area contributed by atoms with Gasteiger partial charge in [0.25, 0.3) is 11.1 Å². The van der Waals surface area contributed by atoms with Gasteiger partial charge in [0.05, 0.1) is 4.91 Å². The Morgan fingerprint density at radius 1 is 1.14 bits per heavy atom. The highest BCUT2D eigenvalue weighted by molar-refractivity contribution is 8.18. The van der Waals surface area contributed by atoms with Crippen molar-refractivity contribution in [2.75, 3.05) is 11.9 Å². The van der Waals surface area contributed by atoms with Gasteiger partial charge in [-0.3, -0.25) is 24.6 Å². The van der Waals surface area contributed by atoms with Crippen LogP contribution in [0.25, 0.3) is 6.08 Å². The molecule has 0 atom stereocenters. The fraction of sp³-hybridized carbons (Fsp3) is 0.158. The van der Waals surface area contributed by atoms with Crippen molar-refractivity contribution in [3.8, 4) is 0 Å². The second-order valence-electron chi connectivity index (χ2n) is 6.03. The van der Waals surface area contributed by atoms with E-state index in [1.54, 1.807) is 18.2 Å². The number of hydrogen-bond acceptors (Lipinski definition) is 6. The molecular weight excluding hydrogens is 398 g/mol. The Bertz CT molecular complexity index is 983. The van der Waals surface area contributed by atoms with Crippen LogP contribution < -0.4 is 10.6 Å². The minimum absolute atomic E-state index is 0.250. The monoisotopic (exact) mass is 415 g/mol. The smallest absolute Gasteiger partial charge is 0.307 e. The summed E-state index contributed by atoms with van der Waals surface area (Å²) in [5.74, 6) is -1.30. The first-order chi connectivity index (χ1) is 13.3. The maximum atomic E-state index is 12.4. The summed E-state index contributed by atoms with van der Waals surface area (Å²) >= 11 is 2.21. The molecule has 0 bridgehead atoms. The van der Waals surface area contributed by atoms with E-state index < -0.39 is 29.6 Å². The number of nitrogens with zero attached hydrogens (tertiary/aromatic N) is 1. The summed E-state index contributed by atoms with van der Waals surface area (Å²) in [7, 11) is 0. The van der Waals surface area contributed by atoms with E-state index in [2.05, 4.69) is 10.6 Å². The molecule has 1 aromatic carbocycles. The molecule has 0 radical (unpaired) electrons. The largest absolute Gasteiger partial charge is 0.325 e. The molecule has 0 saturated carbocycles. The molecule has 5 amide bonds. The molecule has 7 nitrogen and oxygen atoms in total. The Labute approximate surface area is 169 Å². The van der Waals surface area contributed by atoms with Crippen molar-refractivity contribution in [1.29, 1.82) is 0 Å². The number of carbonyl (C=O) groups is 4. The molecule has 3 rings (SSSR count). The average molecular weight is 415 g/mol. The normalized spacial score (nSPS) is 15.2. The summed E-state index contributed by atoms with van der Waals surface area (Å²) in [5, 5.41) is 6.05. The topological polar surface area (TPSA) is 95.6 Å². The van der Waals surface area contributed by atoms with Gasteiger partial charge >= 0.3 is 6.03 Å². The van der Waals surface area contributed by atoms with Gasteiger partial charge in [0.1, 0.15) is 6.54 Å². The van der Waals surface area contributed by atoms with Crippen LogP contribution in [0.1, 0.15) is 16.0 Å². The average Bonchev–Trinajstić information content (AvgIpc) is 3.23. The lowest BCUT2D eigenvalue weighted by Crippen LogP contribution is -2.43. The summed E-state index contributed by atoms with van der Waals surface area (Å²) in [6, 6.07) is 8.36. The van der Waals surface area contributed by atoms with Crippen molar-refractivity contribution in [1.82, 2.24) is 10.2 Å². The van der Waals surface area contributed by atoms with E-state index >= 15 is 0 Å². The highest BCUT2D eigenvalue weighted by Gasteiger charge is 2.36. The van der Waals surface area contributed by atoms with E-state index in [-0.39, 0.29) is 4.91 Å². The van der Waals surface area contributed by atoms with E-state index in [1.807, 2.05) is 37.4 Å². The molecule has 0 unspecified atom stereocenters. The summed E-state index contributed by atoms with van der Waals surface area (Å²) < 4.78 is 0. The molecule has 144 valence electrons. The summed E-state index contributed by atoms with van der Waals surface area (Å²) in [4.78, 5) is 50.5. The molecule has 1 aromatic heterocycles. The van der Waals surface area contributed by atoms with Gasteiger partial charge in [-0.05, 0) is 60.3 Å². The van der Waals surface area contributed by atoms with Gasteiger partial charge in [0.2, 0.25) is 5.91 Å². The molecule has 0 spiro atoms. The lowest BCUT2D eigenvalue weighted by molar-refractivity contribution is -0.128. The van der Waals surface area contributed by atoms with Crippen LogP contribution in [0.2, 0.25) is 0 Å². The van der Waals surface area contributed by atoms with Crippen molar-refractivity contribution in [2.45, 2.75) is 13.8 Å². The van der Waals surface area contributed by atoms with Crippen LogP contribution in [-0.4, -0.2) is 34.5 Å². The van der Waals surface area contributed by atoms with E-state index in [1.165, 1.54) is 11.3 Å². The molecule has 2 heterocycles. The quantitative estimate of drug-likeness (QED) is 0.742. The Kier molecular flexibility index (Phi) is 5.96. The molecule has 2 aromatic rings. The lowest BCUT2D eigenvalue weighted by Gasteiger charge is -2.13. The highest BCUT2D eigenvalue weighted by Crippen LogP contribution is 2.32. The van der Waals surface area contributed by atoms with Crippen LogP contribution in [0.3, 0.4) is 0 Å². The minimum atomic E-state index is -0.748. The molecule has 1 fully saturated rings. The Balaban J connectivity index is 1.60. The number of imide groups is 2. The number of benzene rings is 1. The number of urea groups is 1. The fourth-order valence-corrected chi connectivity index (χ4v) is 4.05. The van der Waals surface area contributed by atoms with Gasteiger partial charge in [-0.15, -0.1) is 11.3 Å². The third-order valence-electron chi connectivity index (χ3n) is 4.10. The van der Waals surface area contributed by atoms with Crippen molar-refractivity contribution >= 4 is 57.9 Å². The number of hydrogen-bond donors (Lipinski definition) is 2. The first kappa shape index (κ1) is 19.8. The maximum absolute atomic E-state index is 12.4. The van der Waals surface area contributed by atoms with Gasteiger partial charge in [-0.25, -0.2) is 4.79 Å². The lowest BCUT2D eigenvalue weighted by atomic mass is 10.1. The molecule has 1 aliphatic heterocycles. The Hall–Kier alpha value is -2.91. The van der Waals surface area contributed by atoms with Crippen LogP contribution in [0.5, 0.6) is 0 Å². The Morgan fingerprint density at radius 2 is 1.93 bits per heavy atom. The number of nitrogens with one attached hydrogen (secondary N) is 2. The maximum Gasteiger partial charge on any atom is 0.325 e. The van der Waals surface area contributed by atoms with Gasteiger partial charge in [0, 0.05) is 10.6 Å². The predicted octanol–water partition coefficient (Wildman–Crippen LogP) is 3.75. The summed E-state index contributed by atoms with van der Waals surface area (Å²) in [6.45, 7) is 3.24. The third-order valence-corrected chi connectivity index (χ3v) is 5.82. The SMILES string of the molecule is Cc1cccc(NC(=O)NC(=O)CN2C(=O)S/C(=C\c3cccs3)C2=O)c1C. The van der Waals surface area contributed by atoms with Gasteiger partial charge < -0.3 is 5.32 Å². The number of carbonyl (C=O) groups excluding carboxylic acids is 4. The van der Waals surface area contributed by atoms with E-state index in [0.717, 1.165) is 32.7 Å². The van der Waals surface area contributed by atoms with E-state index in [9.17, 15) is 19.2 Å². The fourth-order valence-electron chi connectivity index (χ4n) is 2.49. The number of thiophene rings is 1. The van der Waals surface area contributed by atoms with Crippen molar-refractivity contribution in [2.24, 2.45) is 0 Å². The second kappa shape index (κ2) is 8.41. The highest BCUT2D eigenvalue weighted by atomic mass is 32.2. The van der Waals surface area contributed by atoms with Crippen LogP contribution in [0, 0.1) is 13.8 Å². The molecule has 1 saturated heterocycles. The number of thioether (sulfide) groups is 1. The van der Waals surface area contributed by atoms with Crippen molar-refractivity contribution < 1.29 is 19.2 Å². The predicted molar refractivity (Wildman–Crippen MR) is 110 cm³/mol. The molecule has 9 heteroatoms. The Morgan fingerprint density at radius 3 is 2.64 bits per heavy atom. The van der Waals surface area contributed by atoms with E-state index in [4.69, 9.17) is 0 Å². The van der Waals surface area contributed by atoms with Crippen LogP contribution >= 0.6 is 23.1 Å². The molecule has 2 N–H and O–H groups in total. The van der Waals surface area contributed by atoms with E-state index in [0.29, 0.717) is 5.69 Å². The molecule has 0 aliphatic carbocycles. The third kappa shape index (κ3) is 4.49. The first-order valence-corrected chi connectivity index (χ1v) is 10.0. The van der Waals surface area contributed by atoms with Crippen molar-refractivity contribution in [3.63, 3.8) is 0 Å². The molecular formula is C19H17N3O4S2. The minimum Gasteiger partial charge on any atom is -0.307 e. The van der Waals surface area contributed by atoms with Gasteiger partial charge in [-0.2, -0.15) is 0 Å². The summed E-state index contributed by atoms with van der Waals surface area (Å²) in [6.07, 6.45) is 1.61. The number of amides is 5.